The summed E-state index contributed by atoms with van der Waals surface area (Å²) in [5, 5.41) is 35.6. The fourth-order valence-electron chi connectivity index (χ4n) is 2.95. The number of amides is 1. The van der Waals surface area contributed by atoms with Crippen molar-refractivity contribution in [3.63, 3.8) is 0 Å². The summed E-state index contributed by atoms with van der Waals surface area (Å²) >= 11 is 0. The third-order valence-corrected chi connectivity index (χ3v) is 4.80. The van der Waals surface area contributed by atoms with Gasteiger partial charge in [-0.1, -0.05) is 25.9 Å². The summed E-state index contributed by atoms with van der Waals surface area (Å²) in [6.07, 6.45) is -3.39. The molecule has 4 N–H and O–H groups in total. The zero-order valence-electron chi connectivity index (χ0n) is 19.6. The van der Waals surface area contributed by atoms with Crippen molar-refractivity contribution < 1.29 is 32.3 Å². The fraction of sp³-hybridized carbons (Fsp3) is 0.364. The van der Waals surface area contributed by atoms with Gasteiger partial charge < -0.3 is 19.7 Å². The monoisotopic (exact) mass is 507 g/mol. The molecular weight excluding hydrogens is 483 g/mol. The Labute approximate surface area is 202 Å². The Morgan fingerprint density at radius 2 is 1.97 bits per heavy atom. The molecule has 0 unspecified atom stereocenters. The van der Waals surface area contributed by atoms with Crippen LogP contribution in [0.2, 0.25) is 0 Å². The zero-order chi connectivity index (χ0) is 26.7. The van der Waals surface area contributed by atoms with Gasteiger partial charge in [-0.25, -0.2) is 0 Å². The van der Waals surface area contributed by atoms with E-state index in [2.05, 4.69) is 15.2 Å². The minimum Gasteiger partial charge on any atom is -0.470 e. The lowest BCUT2D eigenvalue weighted by atomic mass is 9.88. The molecule has 3 aromatic heterocycles. The molecule has 192 valence electrons. The number of hydrogen-bond acceptors (Lipinski definition) is 9. The summed E-state index contributed by atoms with van der Waals surface area (Å²) in [6.45, 7) is 3.72. The highest BCUT2D eigenvalue weighted by Crippen LogP contribution is 2.28. The number of nitrogens with one attached hydrogen (secondary N) is 3. The number of aliphatic hydroxyl groups excluding tert-OH is 1. The summed E-state index contributed by atoms with van der Waals surface area (Å²) in [5.74, 6) is -0.929. The summed E-state index contributed by atoms with van der Waals surface area (Å²) in [7, 11) is 0. The summed E-state index contributed by atoms with van der Waals surface area (Å²) in [4.78, 5) is 15.9. The Bertz CT molecular complexity index is 1310. The molecule has 1 amide bonds. The van der Waals surface area contributed by atoms with Gasteiger partial charge in [-0.15, -0.1) is 5.10 Å². The number of halogens is 3. The number of nitrogens with zero attached hydrogens (tertiary/aromatic N) is 4. The van der Waals surface area contributed by atoms with Gasteiger partial charge in [-0.05, 0) is 23.6 Å². The van der Waals surface area contributed by atoms with Crippen LogP contribution in [0.1, 0.15) is 53.8 Å². The summed E-state index contributed by atoms with van der Waals surface area (Å²) < 4.78 is 48.6. The van der Waals surface area contributed by atoms with E-state index in [0.717, 1.165) is 10.9 Å². The second-order valence-electron chi connectivity index (χ2n) is 8.72. The molecule has 0 radical (unpaired) electrons. The highest BCUT2D eigenvalue weighted by Gasteiger charge is 2.28. The largest absolute Gasteiger partial charge is 0.470 e. The van der Waals surface area contributed by atoms with Crippen LogP contribution in [0.4, 0.5) is 13.2 Å². The minimum atomic E-state index is -4.52. The predicted molar refractivity (Wildman–Crippen MR) is 118 cm³/mol. The number of aliphatic hydroxyl groups is 1. The predicted octanol–water partition coefficient (Wildman–Crippen LogP) is 2.28. The number of hydrogen-bond donors (Lipinski definition) is 4. The van der Waals surface area contributed by atoms with Crippen molar-refractivity contribution in [1.82, 2.24) is 25.2 Å². The number of aromatic nitrogens is 4. The second-order valence-corrected chi connectivity index (χ2v) is 8.72. The first kappa shape index (κ1) is 26.5. The minimum absolute atomic E-state index is 0.0452. The van der Waals surface area contributed by atoms with E-state index in [4.69, 9.17) is 25.2 Å². The lowest BCUT2D eigenvalue weighted by molar-refractivity contribution is -0.123. The van der Waals surface area contributed by atoms with Crippen LogP contribution in [0.5, 0.6) is 5.88 Å². The summed E-state index contributed by atoms with van der Waals surface area (Å²) in [5.41, 5.74) is 0.362. The normalized spacial score (nSPS) is 11.9. The van der Waals surface area contributed by atoms with E-state index >= 15 is 0 Å². The highest BCUT2D eigenvalue weighted by molar-refractivity contribution is 5.95. The molecule has 36 heavy (non-hydrogen) atoms. The Morgan fingerprint density at radius 1 is 1.25 bits per heavy atom. The second kappa shape index (κ2) is 10.3. The molecule has 0 aliphatic rings. The van der Waals surface area contributed by atoms with E-state index in [1.165, 1.54) is 24.3 Å². The Kier molecular flexibility index (Phi) is 7.57. The number of ether oxygens (including phenoxy) is 1. The van der Waals surface area contributed by atoms with Gasteiger partial charge in [0.15, 0.2) is 17.3 Å². The third-order valence-electron chi connectivity index (χ3n) is 4.80. The molecule has 0 aliphatic heterocycles. The van der Waals surface area contributed by atoms with Crippen molar-refractivity contribution in [2.24, 2.45) is 0 Å². The van der Waals surface area contributed by atoms with Crippen LogP contribution >= 0.6 is 0 Å². The van der Waals surface area contributed by atoms with Gasteiger partial charge in [0.05, 0.1) is 11.3 Å². The number of rotatable bonds is 7. The van der Waals surface area contributed by atoms with E-state index in [0.29, 0.717) is 11.3 Å². The van der Waals surface area contributed by atoms with Crippen LogP contribution in [-0.4, -0.2) is 49.5 Å². The van der Waals surface area contributed by atoms with Crippen LogP contribution in [0.25, 0.3) is 0 Å². The maximum Gasteiger partial charge on any atom is 0.405 e. The quantitative estimate of drug-likeness (QED) is 0.282. The zero-order valence-corrected chi connectivity index (χ0v) is 19.6. The lowest BCUT2D eigenvalue weighted by Gasteiger charge is -2.22. The molecule has 0 aromatic carbocycles. The lowest BCUT2D eigenvalue weighted by Crippen LogP contribution is -2.33. The van der Waals surface area contributed by atoms with Crippen LogP contribution in [0.3, 0.4) is 0 Å². The maximum atomic E-state index is 12.3. The SMILES string of the molecule is CC(C)(C)c1cc(=N)n(C(=N)c2cc(CO)on2)nc1OCc1ccc(C(=O)NCC(F)(F)F)cn1. The van der Waals surface area contributed by atoms with E-state index in [1.807, 2.05) is 20.8 Å². The fourth-order valence-corrected chi connectivity index (χ4v) is 2.95. The Balaban J connectivity index is 1.82. The van der Waals surface area contributed by atoms with Gasteiger partial charge >= 0.3 is 6.18 Å². The molecule has 14 heteroatoms. The highest BCUT2D eigenvalue weighted by atomic mass is 19.4. The van der Waals surface area contributed by atoms with Gasteiger partial charge in [0.1, 0.15) is 25.2 Å². The van der Waals surface area contributed by atoms with Crippen molar-refractivity contribution in [1.29, 1.82) is 10.8 Å². The van der Waals surface area contributed by atoms with Crippen LogP contribution in [0, 0.1) is 10.8 Å². The first-order valence-electron chi connectivity index (χ1n) is 10.6. The van der Waals surface area contributed by atoms with Crippen molar-refractivity contribution >= 4 is 11.7 Å². The van der Waals surface area contributed by atoms with Crippen molar-refractivity contribution in [3.8, 4) is 5.88 Å². The molecule has 0 saturated heterocycles. The standard InChI is InChI=1S/C22H24F3N7O4/c1-21(2,3)15-7-17(26)32(18(27)16-6-14(9-33)36-31-16)30-20(15)35-10-13-5-4-12(8-28-13)19(34)29-11-22(23,24)25/h4-8,26-27,33H,9-11H2,1-3H3,(H,29,34). The molecular formula is C22H24F3N7O4. The molecule has 0 aliphatic carbocycles. The molecule has 0 spiro atoms. The number of carbonyl (C=O) groups is 1. The molecule has 0 atom stereocenters. The average molecular weight is 507 g/mol. The van der Waals surface area contributed by atoms with Gasteiger partial charge in [-0.2, -0.15) is 17.9 Å². The van der Waals surface area contributed by atoms with Crippen molar-refractivity contribution in [2.75, 3.05) is 6.54 Å². The van der Waals surface area contributed by atoms with Gasteiger partial charge in [0, 0.05) is 17.8 Å². The van der Waals surface area contributed by atoms with Crippen LogP contribution < -0.4 is 15.5 Å². The smallest absolute Gasteiger partial charge is 0.405 e. The topological polar surface area (TPSA) is 163 Å². The first-order chi connectivity index (χ1) is 16.8. The van der Waals surface area contributed by atoms with E-state index in [9.17, 15) is 18.0 Å². The molecule has 3 rings (SSSR count). The van der Waals surface area contributed by atoms with Crippen molar-refractivity contribution in [3.05, 3.63) is 64.2 Å². The Hall–Kier alpha value is -4.07. The third kappa shape index (κ3) is 6.53. The molecule has 3 aromatic rings. The summed E-state index contributed by atoms with van der Waals surface area (Å²) in [6, 6.07) is 5.61. The molecule has 0 fully saturated rings. The average Bonchev–Trinajstić information content (AvgIpc) is 3.30. The van der Waals surface area contributed by atoms with Crippen LogP contribution in [0.15, 0.2) is 35.0 Å². The van der Waals surface area contributed by atoms with E-state index < -0.39 is 30.7 Å². The van der Waals surface area contributed by atoms with Gasteiger partial charge in [0.25, 0.3) is 5.91 Å². The van der Waals surface area contributed by atoms with E-state index in [-0.39, 0.29) is 40.8 Å². The molecule has 3 heterocycles. The molecule has 11 nitrogen and oxygen atoms in total. The maximum absolute atomic E-state index is 12.3. The number of pyridine rings is 1. The van der Waals surface area contributed by atoms with Gasteiger partial charge in [-0.3, -0.25) is 20.6 Å². The Morgan fingerprint density at radius 3 is 2.53 bits per heavy atom. The van der Waals surface area contributed by atoms with Crippen molar-refractivity contribution in [2.45, 2.75) is 45.6 Å². The van der Waals surface area contributed by atoms with E-state index in [1.54, 1.807) is 5.32 Å². The molecule has 0 bridgehead atoms. The first-order valence-corrected chi connectivity index (χ1v) is 10.6. The number of alkyl halides is 3. The van der Waals surface area contributed by atoms with Gasteiger partial charge in [0.2, 0.25) is 5.88 Å². The van der Waals surface area contributed by atoms with Crippen LogP contribution in [-0.2, 0) is 18.6 Å². The molecule has 0 saturated carbocycles. The number of carbonyl (C=O) groups excluding carboxylic acids is 1.